The summed E-state index contributed by atoms with van der Waals surface area (Å²) in [5.74, 6) is -0.0440. The molecule has 1 spiro atoms. The van der Waals surface area contributed by atoms with Gasteiger partial charge >= 0.3 is 12.3 Å². The summed E-state index contributed by atoms with van der Waals surface area (Å²) in [6.45, 7) is 11.8. The Morgan fingerprint density at radius 2 is 1.82 bits per heavy atom. The van der Waals surface area contributed by atoms with E-state index in [-0.39, 0.29) is 41.1 Å². The molecule has 2 saturated heterocycles. The maximum atomic E-state index is 14.7. The number of carbonyl (C=O) groups is 2. The number of amides is 2. The maximum absolute atomic E-state index is 14.7. The van der Waals surface area contributed by atoms with Gasteiger partial charge in [-0.2, -0.15) is 13.2 Å². The third-order valence-corrected chi connectivity index (χ3v) is 11.2. The van der Waals surface area contributed by atoms with E-state index in [1.165, 1.54) is 11.0 Å². The van der Waals surface area contributed by atoms with E-state index in [0.29, 0.717) is 43.3 Å². The van der Waals surface area contributed by atoms with Crippen LogP contribution in [0.3, 0.4) is 0 Å². The minimum absolute atomic E-state index is 0.00874. The van der Waals surface area contributed by atoms with Crippen LogP contribution in [-0.2, 0) is 17.5 Å². The van der Waals surface area contributed by atoms with E-state index in [4.69, 9.17) is 9.26 Å². The molecule has 3 fully saturated rings. The van der Waals surface area contributed by atoms with Crippen molar-refractivity contribution in [1.82, 2.24) is 15.0 Å². The predicted octanol–water partition coefficient (Wildman–Crippen LogP) is 8.49. The van der Waals surface area contributed by atoms with Crippen LogP contribution in [0, 0.1) is 18.3 Å². The Morgan fingerprint density at radius 3 is 2.47 bits per heavy atom. The van der Waals surface area contributed by atoms with Crippen LogP contribution in [0.25, 0.3) is 0 Å². The van der Waals surface area contributed by atoms with Gasteiger partial charge < -0.3 is 19.1 Å². The number of nitrogens with zero attached hydrogens (tertiary/aromatic N) is 4. The van der Waals surface area contributed by atoms with Gasteiger partial charge in [-0.1, -0.05) is 23.7 Å². The number of rotatable bonds is 6. The fraction of sp³-hybridized carbons (Fsp3) is 0.553. The zero-order valence-electron chi connectivity index (χ0n) is 28.9. The first-order chi connectivity index (χ1) is 23.1. The van der Waals surface area contributed by atoms with E-state index in [2.05, 4.69) is 10.1 Å². The molecule has 1 saturated carbocycles. The molecule has 1 aliphatic carbocycles. The van der Waals surface area contributed by atoms with E-state index in [1.54, 1.807) is 23.3 Å². The SMILES string of the molecule is Cc1conc1[C@@H](c1cccc(N2Cc3c(cc(C(C)N4CC[C@]5(CCN(C(=O)OC(C)(C)C)C5)C4)cc3C(F)(F)F)C2=O)c1)C1CCC1. The Balaban J connectivity index is 1.13. The Hall–Kier alpha value is -3.86. The van der Waals surface area contributed by atoms with Crippen molar-refractivity contribution in [3.8, 4) is 0 Å². The summed E-state index contributed by atoms with van der Waals surface area (Å²) in [6.07, 6.45) is 1.60. The summed E-state index contributed by atoms with van der Waals surface area (Å²) < 4.78 is 54.9. The van der Waals surface area contributed by atoms with Gasteiger partial charge in [0.1, 0.15) is 11.9 Å². The second-order valence-corrected chi connectivity index (χ2v) is 15.7. The number of hydrogen-bond donors (Lipinski definition) is 0. The zero-order chi connectivity index (χ0) is 34.9. The van der Waals surface area contributed by atoms with Crippen LogP contribution in [0.2, 0.25) is 0 Å². The number of aromatic nitrogens is 1. The van der Waals surface area contributed by atoms with Crippen molar-refractivity contribution in [3.05, 3.63) is 81.7 Å². The van der Waals surface area contributed by atoms with Crippen LogP contribution < -0.4 is 4.90 Å². The highest BCUT2D eigenvalue weighted by molar-refractivity contribution is 6.10. The fourth-order valence-corrected chi connectivity index (χ4v) is 8.30. The lowest BCUT2D eigenvalue weighted by Gasteiger charge is -2.33. The molecule has 7 rings (SSSR count). The van der Waals surface area contributed by atoms with E-state index < -0.39 is 23.2 Å². The van der Waals surface area contributed by atoms with E-state index in [1.807, 2.05) is 52.8 Å². The average Bonchev–Trinajstić information content (AvgIpc) is 3.80. The van der Waals surface area contributed by atoms with Crippen molar-refractivity contribution in [2.24, 2.45) is 11.3 Å². The van der Waals surface area contributed by atoms with E-state index in [0.717, 1.165) is 48.9 Å². The van der Waals surface area contributed by atoms with Crippen molar-refractivity contribution in [2.75, 3.05) is 31.1 Å². The first kappa shape index (κ1) is 33.6. The number of benzene rings is 2. The fourth-order valence-electron chi connectivity index (χ4n) is 8.30. The molecule has 8 nitrogen and oxygen atoms in total. The molecular weight excluding hydrogens is 633 g/mol. The van der Waals surface area contributed by atoms with Gasteiger partial charge in [0, 0.05) is 53.8 Å². The van der Waals surface area contributed by atoms with Gasteiger partial charge in [-0.15, -0.1) is 0 Å². The average molecular weight is 679 g/mol. The number of carbonyl (C=O) groups excluding carboxylic acids is 2. The Bertz CT molecular complexity index is 1760. The number of alkyl halides is 3. The number of ether oxygens (including phenoxy) is 1. The number of fused-ring (bicyclic) bond motifs is 1. The molecule has 0 radical (unpaired) electrons. The van der Waals surface area contributed by atoms with Crippen LogP contribution in [0.4, 0.5) is 23.7 Å². The van der Waals surface area contributed by atoms with Gasteiger partial charge in [0.15, 0.2) is 0 Å². The van der Waals surface area contributed by atoms with E-state index >= 15 is 0 Å². The molecule has 2 amide bonds. The monoisotopic (exact) mass is 678 g/mol. The molecule has 4 heterocycles. The van der Waals surface area contributed by atoms with Gasteiger partial charge in [-0.3, -0.25) is 9.69 Å². The predicted molar refractivity (Wildman–Crippen MR) is 178 cm³/mol. The minimum atomic E-state index is -4.62. The highest BCUT2D eigenvalue weighted by Gasteiger charge is 2.47. The molecule has 0 N–H and O–H groups in total. The summed E-state index contributed by atoms with van der Waals surface area (Å²) in [7, 11) is 0. The number of halogens is 3. The maximum Gasteiger partial charge on any atom is 0.416 e. The molecule has 3 aliphatic heterocycles. The number of likely N-dealkylation sites (tertiary alicyclic amines) is 2. The second-order valence-electron chi connectivity index (χ2n) is 15.7. The van der Waals surface area contributed by atoms with Gasteiger partial charge in [0.05, 0.1) is 17.8 Å². The number of anilines is 1. The Labute approximate surface area is 285 Å². The summed E-state index contributed by atoms with van der Waals surface area (Å²) >= 11 is 0. The Morgan fingerprint density at radius 1 is 1.06 bits per heavy atom. The van der Waals surface area contributed by atoms with Crippen LogP contribution in [0.5, 0.6) is 0 Å². The van der Waals surface area contributed by atoms with Gasteiger partial charge in [0.2, 0.25) is 0 Å². The third kappa shape index (κ3) is 6.35. The van der Waals surface area contributed by atoms with Crippen molar-refractivity contribution in [2.45, 2.75) is 97.0 Å². The van der Waals surface area contributed by atoms with Crippen LogP contribution in [0.15, 0.2) is 47.2 Å². The Kier molecular flexibility index (Phi) is 8.36. The molecule has 1 aromatic heterocycles. The zero-order valence-corrected chi connectivity index (χ0v) is 28.9. The molecular formula is C38H45F3N4O4. The normalized spacial score (nSPS) is 22.9. The van der Waals surface area contributed by atoms with Crippen LogP contribution in [0.1, 0.15) is 116 Å². The molecule has 2 aromatic carbocycles. The summed E-state index contributed by atoms with van der Waals surface area (Å²) in [6, 6.07) is 10.2. The summed E-state index contributed by atoms with van der Waals surface area (Å²) in [5, 5.41) is 4.31. The molecule has 0 bridgehead atoms. The number of hydrogen-bond acceptors (Lipinski definition) is 6. The molecule has 4 aliphatic rings. The topological polar surface area (TPSA) is 79.1 Å². The van der Waals surface area contributed by atoms with E-state index in [9.17, 15) is 22.8 Å². The standard InChI is InChI=1S/C38H45F3N4O4/c1-23-20-48-42-33(23)32(25-8-6-9-25)26-10-7-11-28(16-26)45-19-30-29(34(45)46)17-27(18-31(30)38(39,40)41)24(2)43-14-12-37(21-43)13-15-44(22-37)35(47)49-36(3,4)5/h7,10-11,16-18,20,24-25,32H,6,8-9,12-15,19,21-22H2,1-5H3/t24?,32-,37+/m1/s1. The van der Waals surface area contributed by atoms with Gasteiger partial charge in [0.25, 0.3) is 5.91 Å². The lowest BCUT2D eigenvalue weighted by Crippen LogP contribution is -2.38. The van der Waals surface area contributed by atoms with Crippen molar-refractivity contribution in [3.63, 3.8) is 0 Å². The first-order valence-corrected chi connectivity index (χ1v) is 17.4. The highest BCUT2D eigenvalue weighted by atomic mass is 19.4. The quantitative estimate of drug-likeness (QED) is 0.260. The summed E-state index contributed by atoms with van der Waals surface area (Å²) in [4.78, 5) is 32.2. The molecule has 3 aromatic rings. The molecule has 11 heteroatoms. The first-order valence-electron chi connectivity index (χ1n) is 17.4. The van der Waals surface area contributed by atoms with Crippen molar-refractivity contribution >= 4 is 17.7 Å². The molecule has 262 valence electrons. The lowest BCUT2D eigenvalue weighted by molar-refractivity contribution is -0.138. The third-order valence-electron chi connectivity index (χ3n) is 11.2. The van der Waals surface area contributed by atoms with Gasteiger partial charge in [-0.05, 0) is 114 Å². The number of aryl methyl sites for hydroxylation is 1. The lowest BCUT2D eigenvalue weighted by atomic mass is 9.71. The van der Waals surface area contributed by atoms with Gasteiger partial charge in [-0.25, -0.2) is 4.79 Å². The largest absolute Gasteiger partial charge is 0.444 e. The van der Waals surface area contributed by atoms with Crippen LogP contribution in [-0.4, -0.2) is 58.7 Å². The van der Waals surface area contributed by atoms with Crippen LogP contribution >= 0.6 is 0 Å². The molecule has 49 heavy (non-hydrogen) atoms. The van der Waals surface area contributed by atoms with Crippen molar-refractivity contribution in [1.29, 1.82) is 0 Å². The molecule has 3 atom stereocenters. The minimum Gasteiger partial charge on any atom is -0.444 e. The second kappa shape index (κ2) is 12.2. The summed E-state index contributed by atoms with van der Waals surface area (Å²) in [5.41, 5.74) is 2.51. The van der Waals surface area contributed by atoms with Crippen molar-refractivity contribution < 1.29 is 32.0 Å². The smallest absolute Gasteiger partial charge is 0.416 e. The highest BCUT2D eigenvalue weighted by Crippen LogP contribution is 2.47. The molecule has 1 unspecified atom stereocenters.